The van der Waals surface area contributed by atoms with Crippen LogP contribution in [0.2, 0.25) is 23.2 Å². The molecule has 0 bridgehead atoms. The van der Waals surface area contributed by atoms with E-state index in [0.29, 0.717) is 5.04 Å². The molecule has 0 heterocycles. The Labute approximate surface area is 118 Å². The van der Waals surface area contributed by atoms with Crippen LogP contribution in [0.1, 0.15) is 68.7 Å². The van der Waals surface area contributed by atoms with Crippen molar-refractivity contribution in [3.63, 3.8) is 0 Å². The summed E-state index contributed by atoms with van der Waals surface area (Å²) >= 11 is 0. The van der Waals surface area contributed by atoms with Crippen molar-refractivity contribution in [1.82, 2.24) is 0 Å². The van der Waals surface area contributed by atoms with E-state index in [1.54, 1.807) is 0 Å². The Hall–Kier alpha value is 0.217. The normalized spacial score (nSPS) is 14.0. The fraction of sp³-hybridized carbons (Fsp3) is 1.00. The average Bonchev–Trinajstić information content (AvgIpc) is 2.13. The van der Waals surface area contributed by atoms with E-state index in [0.717, 1.165) is 17.8 Å². The van der Waals surface area contributed by atoms with E-state index < -0.39 is 8.07 Å². The summed E-state index contributed by atoms with van der Waals surface area (Å²) in [4.78, 5) is 0. The quantitative estimate of drug-likeness (QED) is 0.436. The first-order valence-electron chi connectivity index (χ1n) is 8.06. The van der Waals surface area contributed by atoms with E-state index in [9.17, 15) is 0 Å². The Balaban J connectivity index is 5.38. The Morgan fingerprint density at radius 3 is 1.17 bits per heavy atom. The lowest BCUT2D eigenvalue weighted by molar-refractivity contribution is 0.541. The predicted molar refractivity (Wildman–Crippen MR) is 89.0 cm³/mol. The fourth-order valence-corrected chi connectivity index (χ4v) is 11.4. The maximum Gasteiger partial charge on any atom is 0.0600 e. The van der Waals surface area contributed by atoms with E-state index in [-0.39, 0.29) is 0 Å². The van der Waals surface area contributed by atoms with Crippen LogP contribution in [0, 0.1) is 17.8 Å². The third-order valence-electron chi connectivity index (χ3n) is 4.72. The summed E-state index contributed by atoms with van der Waals surface area (Å²) in [5, 5.41) is 0.589. The molecule has 1 heteroatoms. The maximum atomic E-state index is 2.56. The molecule has 0 fully saturated rings. The minimum Gasteiger partial charge on any atom is -0.0651 e. The van der Waals surface area contributed by atoms with Crippen molar-refractivity contribution >= 4 is 8.07 Å². The first-order valence-corrected chi connectivity index (χ1v) is 10.7. The molecular formula is C17H38Si. The van der Waals surface area contributed by atoms with Gasteiger partial charge in [0.1, 0.15) is 0 Å². The summed E-state index contributed by atoms with van der Waals surface area (Å²) in [5.74, 6) is 2.58. The lowest BCUT2D eigenvalue weighted by atomic mass is 10.1. The van der Waals surface area contributed by atoms with Crippen LogP contribution in [0.25, 0.3) is 0 Å². The van der Waals surface area contributed by atoms with Crippen molar-refractivity contribution in [1.29, 1.82) is 0 Å². The Kier molecular flexibility index (Phi) is 7.21. The predicted octanol–water partition coefficient (Wildman–Crippen LogP) is 6.59. The van der Waals surface area contributed by atoms with Gasteiger partial charge >= 0.3 is 0 Å². The van der Waals surface area contributed by atoms with Gasteiger partial charge in [-0.25, -0.2) is 0 Å². The molecule has 0 spiro atoms. The largest absolute Gasteiger partial charge is 0.0651 e. The Morgan fingerprint density at radius 2 is 1.00 bits per heavy atom. The highest BCUT2D eigenvalue weighted by atomic mass is 28.3. The minimum absolute atomic E-state index is 0.589. The van der Waals surface area contributed by atoms with Crippen LogP contribution in [0.3, 0.4) is 0 Å². The van der Waals surface area contributed by atoms with Gasteiger partial charge in [-0.05, 0) is 22.8 Å². The van der Waals surface area contributed by atoms with E-state index in [1.165, 1.54) is 24.6 Å². The van der Waals surface area contributed by atoms with Crippen LogP contribution in [0.4, 0.5) is 0 Å². The van der Waals surface area contributed by atoms with Crippen LogP contribution >= 0.6 is 0 Å². The monoisotopic (exact) mass is 270 g/mol. The highest BCUT2D eigenvalue weighted by Gasteiger charge is 2.46. The molecule has 0 aromatic carbocycles. The SMILES string of the molecule is CCC(C)(C)[Si](CC(C)C)(CC(C)C)CC(C)C. The van der Waals surface area contributed by atoms with Crippen LogP contribution in [0.5, 0.6) is 0 Å². The minimum atomic E-state index is -1.21. The third-order valence-corrected chi connectivity index (χ3v) is 12.7. The zero-order valence-corrected chi connectivity index (χ0v) is 15.6. The summed E-state index contributed by atoms with van der Waals surface area (Å²) in [7, 11) is -1.21. The fourth-order valence-electron chi connectivity index (χ4n) is 3.80. The van der Waals surface area contributed by atoms with Crippen molar-refractivity contribution in [2.45, 2.75) is 91.9 Å². The third kappa shape index (κ3) is 5.07. The van der Waals surface area contributed by atoms with Gasteiger partial charge in [0.15, 0.2) is 0 Å². The standard InChI is InChI=1S/C17H38Si/c1-10-17(8,9)18(11-14(2)3,12-15(4)5)13-16(6)7/h14-16H,10-13H2,1-9H3. The highest BCUT2D eigenvalue weighted by Crippen LogP contribution is 2.51. The van der Waals surface area contributed by atoms with Gasteiger partial charge in [0.05, 0.1) is 8.07 Å². The average molecular weight is 271 g/mol. The zero-order chi connectivity index (χ0) is 14.6. The molecule has 0 aliphatic rings. The van der Waals surface area contributed by atoms with Gasteiger partial charge in [-0.2, -0.15) is 0 Å². The summed E-state index contributed by atoms with van der Waals surface area (Å²) < 4.78 is 0. The number of rotatable bonds is 8. The summed E-state index contributed by atoms with van der Waals surface area (Å²) in [6, 6.07) is 4.55. The molecule has 0 radical (unpaired) electrons. The Morgan fingerprint density at radius 1 is 0.722 bits per heavy atom. The van der Waals surface area contributed by atoms with Crippen molar-refractivity contribution < 1.29 is 0 Å². The molecule has 0 N–H and O–H groups in total. The van der Waals surface area contributed by atoms with Crippen LogP contribution in [-0.4, -0.2) is 8.07 Å². The molecule has 0 aromatic heterocycles. The number of hydrogen-bond donors (Lipinski definition) is 0. The molecule has 110 valence electrons. The maximum absolute atomic E-state index is 2.56. The molecule has 0 saturated carbocycles. The molecule has 0 atom stereocenters. The second-order valence-corrected chi connectivity index (χ2v) is 13.5. The molecule has 18 heavy (non-hydrogen) atoms. The second kappa shape index (κ2) is 7.12. The molecule has 0 aromatic rings. The molecular weight excluding hydrogens is 232 g/mol. The van der Waals surface area contributed by atoms with Crippen molar-refractivity contribution in [2.75, 3.05) is 0 Å². The van der Waals surface area contributed by atoms with Gasteiger partial charge in [-0.3, -0.25) is 0 Å². The van der Waals surface area contributed by atoms with Crippen LogP contribution in [0.15, 0.2) is 0 Å². The molecule has 0 aliphatic heterocycles. The Bertz CT molecular complexity index is 199. The van der Waals surface area contributed by atoms with E-state index in [2.05, 4.69) is 62.3 Å². The van der Waals surface area contributed by atoms with Gasteiger partial charge in [0.25, 0.3) is 0 Å². The topological polar surface area (TPSA) is 0 Å². The second-order valence-electron chi connectivity index (χ2n) is 8.31. The van der Waals surface area contributed by atoms with Crippen LogP contribution < -0.4 is 0 Å². The van der Waals surface area contributed by atoms with Gasteiger partial charge < -0.3 is 0 Å². The van der Waals surface area contributed by atoms with Gasteiger partial charge in [0.2, 0.25) is 0 Å². The molecule has 0 amide bonds. The lowest BCUT2D eigenvalue weighted by Crippen LogP contribution is -2.48. The van der Waals surface area contributed by atoms with Crippen molar-refractivity contribution in [3.8, 4) is 0 Å². The molecule has 0 rings (SSSR count). The summed E-state index contributed by atoms with van der Waals surface area (Å²) in [6.07, 6.45) is 1.35. The van der Waals surface area contributed by atoms with Crippen molar-refractivity contribution in [3.05, 3.63) is 0 Å². The summed E-state index contributed by atoms with van der Waals surface area (Å²) in [6.45, 7) is 22.1. The van der Waals surface area contributed by atoms with E-state index >= 15 is 0 Å². The highest BCUT2D eigenvalue weighted by molar-refractivity contribution is 6.82. The molecule has 0 unspecified atom stereocenters. The lowest BCUT2D eigenvalue weighted by Gasteiger charge is -2.48. The molecule has 0 nitrogen and oxygen atoms in total. The van der Waals surface area contributed by atoms with Crippen molar-refractivity contribution in [2.24, 2.45) is 17.8 Å². The molecule has 0 saturated heterocycles. The zero-order valence-electron chi connectivity index (χ0n) is 14.6. The van der Waals surface area contributed by atoms with Gasteiger partial charge in [-0.15, -0.1) is 0 Å². The van der Waals surface area contributed by atoms with E-state index in [4.69, 9.17) is 0 Å². The first kappa shape index (κ1) is 18.2. The van der Waals surface area contributed by atoms with Gasteiger partial charge in [-0.1, -0.05) is 86.9 Å². The smallest absolute Gasteiger partial charge is 0.0600 e. The number of hydrogen-bond acceptors (Lipinski definition) is 0. The molecule has 0 aliphatic carbocycles. The summed E-state index contributed by atoms with van der Waals surface area (Å²) in [5.41, 5.74) is 0. The first-order chi connectivity index (χ1) is 8.06. The van der Waals surface area contributed by atoms with E-state index in [1.807, 2.05) is 0 Å². The van der Waals surface area contributed by atoms with Crippen LogP contribution in [-0.2, 0) is 0 Å². The van der Waals surface area contributed by atoms with Gasteiger partial charge in [0, 0.05) is 0 Å².